The molecule has 2 aromatic rings. The van der Waals surface area contributed by atoms with E-state index in [2.05, 4.69) is 46.9 Å². The summed E-state index contributed by atoms with van der Waals surface area (Å²) in [5.41, 5.74) is 8.59. The quantitative estimate of drug-likeness (QED) is 0.854. The highest BCUT2D eigenvalue weighted by Crippen LogP contribution is 2.21. The number of rotatable bonds is 4. The molecule has 0 amide bonds. The molecule has 0 bridgehead atoms. The van der Waals surface area contributed by atoms with E-state index in [1.165, 1.54) is 9.13 Å². The van der Waals surface area contributed by atoms with E-state index in [1.807, 2.05) is 24.3 Å². The molecule has 0 aliphatic heterocycles. The van der Waals surface area contributed by atoms with Crippen molar-refractivity contribution in [1.29, 1.82) is 0 Å². The highest BCUT2D eigenvalue weighted by Gasteiger charge is 2.08. The lowest BCUT2D eigenvalue weighted by atomic mass is 10.00. The summed E-state index contributed by atoms with van der Waals surface area (Å²) in [5, 5.41) is 0. The molecule has 2 nitrogen and oxygen atoms in total. The zero-order valence-corrected chi connectivity index (χ0v) is 12.4. The summed E-state index contributed by atoms with van der Waals surface area (Å²) >= 11 is 2.30. The van der Waals surface area contributed by atoms with Crippen LogP contribution in [0.2, 0.25) is 0 Å². The first-order valence-corrected chi connectivity index (χ1v) is 6.91. The molecule has 2 N–H and O–H groups in total. The number of ether oxygens (including phenoxy) is 1. The van der Waals surface area contributed by atoms with E-state index >= 15 is 0 Å². The van der Waals surface area contributed by atoms with Crippen molar-refractivity contribution < 1.29 is 4.74 Å². The SMILES string of the molecule is COc1cccc(C(N)Cc2ccc(I)cc2)c1. The fraction of sp³-hybridized carbons (Fsp3) is 0.200. The van der Waals surface area contributed by atoms with Crippen LogP contribution < -0.4 is 10.5 Å². The maximum atomic E-state index is 6.23. The van der Waals surface area contributed by atoms with Gasteiger partial charge in [0.2, 0.25) is 0 Å². The molecule has 3 heteroatoms. The van der Waals surface area contributed by atoms with Gasteiger partial charge in [-0.25, -0.2) is 0 Å². The molecule has 2 rings (SSSR count). The third-order valence-electron chi connectivity index (χ3n) is 2.89. The van der Waals surface area contributed by atoms with E-state index in [0.29, 0.717) is 0 Å². The highest BCUT2D eigenvalue weighted by atomic mass is 127. The Hall–Kier alpha value is -1.07. The number of hydrogen-bond acceptors (Lipinski definition) is 2. The topological polar surface area (TPSA) is 35.2 Å². The molecule has 0 heterocycles. The maximum absolute atomic E-state index is 6.23. The van der Waals surface area contributed by atoms with Crippen molar-refractivity contribution in [3.63, 3.8) is 0 Å². The van der Waals surface area contributed by atoms with Crippen LogP contribution in [-0.2, 0) is 6.42 Å². The average Bonchev–Trinajstić information content (AvgIpc) is 2.41. The molecule has 2 aromatic carbocycles. The Morgan fingerprint density at radius 3 is 2.56 bits per heavy atom. The molecule has 0 aromatic heterocycles. The molecular formula is C15H16INO. The first kappa shape index (κ1) is 13.4. The monoisotopic (exact) mass is 353 g/mol. The summed E-state index contributed by atoms with van der Waals surface area (Å²) in [6.45, 7) is 0. The summed E-state index contributed by atoms with van der Waals surface area (Å²) in [4.78, 5) is 0. The Balaban J connectivity index is 2.11. The number of halogens is 1. The van der Waals surface area contributed by atoms with Crippen LogP contribution in [0.3, 0.4) is 0 Å². The van der Waals surface area contributed by atoms with Crippen molar-refractivity contribution in [1.82, 2.24) is 0 Å². The smallest absolute Gasteiger partial charge is 0.119 e. The van der Waals surface area contributed by atoms with Crippen molar-refractivity contribution in [2.45, 2.75) is 12.5 Å². The summed E-state index contributed by atoms with van der Waals surface area (Å²) in [6.07, 6.45) is 0.837. The molecule has 94 valence electrons. The highest BCUT2D eigenvalue weighted by molar-refractivity contribution is 14.1. The van der Waals surface area contributed by atoms with Crippen molar-refractivity contribution >= 4 is 22.6 Å². The van der Waals surface area contributed by atoms with Gasteiger partial charge in [0.05, 0.1) is 7.11 Å². The number of benzene rings is 2. The molecular weight excluding hydrogens is 337 g/mol. The minimum absolute atomic E-state index is 0.000149. The van der Waals surface area contributed by atoms with Crippen LogP contribution in [0.25, 0.3) is 0 Å². The molecule has 18 heavy (non-hydrogen) atoms. The van der Waals surface area contributed by atoms with Gasteiger partial charge in [0.25, 0.3) is 0 Å². The van der Waals surface area contributed by atoms with Crippen molar-refractivity contribution in [3.05, 3.63) is 63.2 Å². The van der Waals surface area contributed by atoms with E-state index in [0.717, 1.165) is 17.7 Å². The van der Waals surface area contributed by atoms with Gasteiger partial charge in [-0.3, -0.25) is 0 Å². The van der Waals surface area contributed by atoms with E-state index < -0.39 is 0 Å². The first-order valence-electron chi connectivity index (χ1n) is 5.83. The Bertz CT molecular complexity index is 510. The number of methoxy groups -OCH3 is 1. The van der Waals surface area contributed by atoms with E-state index in [9.17, 15) is 0 Å². The molecule has 0 fully saturated rings. The van der Waals surface area contributed by atoms with Gasteiger partial charge in [-0.2, -0.15) is 0 Å². The van der Waals surface area contributed by atoms with Crippen molar-refractivity contribution in [2.75, 3.05) is 7.11 Å². The van der Waals surface area contributed by atoms with E-state index in [-0.39, 0.29) is 6.04 Å². The van der Waals surface area contributed by atoms with Gasteiger partial charge in [-0.05, 0) is 64.4 Å². The summed E-state index contributed by atoms with van der Waals surface area (Å²) in [5.74, 6) is 0.852. The predicted molar refractivity (Wildman–Crippen MR) is 82.8 cm³/mol. The Morgan fingerprint density at radius 2 is 1.89 bits per heavy atom. The lowest BCUT2D eigenvalue weighted by molar-refractivity contribution is 0.414. The zero-order chi connectivity index (χ0) is 13.0. The lowest BCUT2D eigenvalue weighted by Crippen LogP contribution is -2.13. The second kappa shape index (κ2) is 6.20. The molecule has 0 spiro atoms. The van der Waals surface area contributed by atoms with Crippen LogP contribution in [-0.4, -0.2) is 7.11 Å². The third-order valence-corrected chi connectivity index (χ3v) is 3.61. The summed E-state index contributed by atoms with van der Waals surface area (Å²) in [6, 6.07) is 16.4. The van der Waals surface area contributed by atoms with Crippen molar-refractivity contribution in [3.8, 4) is 5.75 Å². The van der Waals surface area contributed by atoms with Gasteiger partial charge in [0, 0.05) is 9.61 Å². The van der Waals surface area contributed by atoms with Crippen LogP contribution in [0, 0.1) is 3.57 Å². The first-order chi connectivity index (χ1) is 8.69. The molecule has 0 radical (unpaired) electrons. The molecule has 0 aliphatic carbocycles. The largest absolute Gasteiger partial charge is 0.497 e. The van der Waals surface area contributed by atoms with Gasteiger partial charge in [-0.1, -0.05) is 24.3 Å². The standard InChI is InChI=1S/C15H16INO/c1-18-14-4-2-3-12(10-14)15(17)9-11-5-7-13(16)8-6-11/h2-8,10,15H,9,17H2,1H3. The van der Waals surface area contributed by atoms with Crippen molar-refractivity contribution in [2.24, 2.45) is 5.73 Å². The fourth-order valence-corrected chi connectivity index (χ4v) is 2.22. The summed E-state index contributed by atoms with van der Waals surface area (Å²) < 4.78 is 6.46. The lowest BCUT2D eigenvalue weighted by Gasteiger charge is -2.13. The van der Waals surface area contributed by atoms with Crippen LogP contribution >= 0.6 is 22.6 Å². The van der Waals surface area contributed by atoms with Crippen LogP contribution in [0.4, 0.5) is 0 Å². The van der Waals surface area contributed by atoms with Crippen LogP contribution in [0.1, 0.15) is 17.2 Å². The minimum Gasteiger partial charge on any atom is -0.497 e. The molecule has 1 unspecified atom stereocenters. The van der Waals surface area contributed by atoms with E-state index in [1.54, 1.807) is 7.11 Å². The number of hydrogen-bond donors (Lipinski definition) is 1. The number of nitrogens with two attached hydrogens (primary N) is 1. The van der Waals surface area contributed by atoms with Crippen LogP contribution in [0.15, 0.2) is 48.5 Å². The second-order valence-electron chi connectivity index (χ2n) is 4.21. The van der Waals surface area contributed by atoms with Crippen LogP contribution in [0.5, 0.6) is 5.75 Å². The minimum atomic E-state index is 0.000149. The second-order valence-corrected chi connectivity index (χ2v) is 5.46. The Labute approximate surface area is 121 Å². The molecule has 1 atom stereocenters. The molecule has 0 saturated heterocycles. The predicted octanol–water partition coefficient (Wildman–Crippen LogP) is 3.54. The van der Waals surface area contributed by atoms with Gasteiger partial charge in [0.15, 0.2) is 0 Å². The van der Waals surface area contributed by atoms with Gasteiger partial charge in [0.1, 0.15) is 5.75 Å². The van der Waals surface area contributed by atoms with Gasteiger partial charge >= 0.3 is 0 Å². The average molecular weight is 353 g/mol. The fourth-order valence-electron chi connectivity index (χ4n) is 1.86. The van der Waals surface area contributed by atoms with Gasteiger partial charge in [-0.15, -0.1) is 0 Å². The normalized spacial score (nSPS) is 12.2. The summed E-state index contributed by atoms with van der Waals surface area (Å²) in [7, 11) is 1.67. The Kier molecular flexibility index (Phi) is 4.60. The maximum Gasteiger partial charge on any atom is 0.119 e. The molecule has 0 saturated carbocycles. The third kappa shape index (κ3) is 3.46. The van der Waals surface area contributed by atoms with Gasteiger partial charge < -0.3 is 10.5 Å². The molecule has 0 aliphatic rings. The van der Waals surface area contributed by atoms with E-state index in [4.69, 9.17) is 10.5 Å². The Morgan fingerprint density at radius 1 is 1.17 bits per heavy atom. The zero-order valence-electron chi connectivity index (χ0n) is 10.3.